The Morgan fingerprint density at radius 3 is 2.57 bits per heavy atom. The van der Waals surface area contributed by atoms with Gasteiger partial charge in [0, 0.05) is 18.3 Å². The van der Waals surface area contributed by atoms with Gasteiger partial charge in [-0.15, -0.1) is 0 Å². The normalized spacial score (nSPS) is 12.6. The molecule has 0 unspecified atom stereocenters. The number of aromatic nitrogens is 4. The minimum absolute atomic E-state index is 0.525. The number of imidazole rings is 1. The van der Waals surface area contributed by atoms with Crippen LogP contribution in [0.5, 0.6) is 11.5 Å². The van der Waals surface area contributed by atoms with E-state index in [1.165, 1.54) is 0 Å². The van der Waals surface area contributed by atoms with Crippen LogP contribution in [0.2, 0.25) is 0 Å². The Morgan fingerprint density at radius 2 is 1.86 bits per heavy atom. The van der Waals surface area contributed by atoms with Crippen molar-refractivity contribution in [2.24, 2.45) is 0 Å². The fourth-order valence-corrected chi connectivity index (χ4v) is 3.14. The second kappa shape index (κ2) is 7.86. The smallest absolute Gasteiger partial charge is 0.129 e. The Balaban J connectivity index is 1.48. The first-order chi connectivity index (χ1) is 13.6. The molecule has 1 atom stereocenters. The number of hydrogen-bond donors (Lipinski definition) is 2. The number of H-pyrrole nitrogens is 2. The Hall–Kier alpha value is -3.12. The maximum Gasteiger partial charge on any atom is 0.129 e. The third kappa shape index (κ3) is 3.92. The van der Waals surface area contributed by atoms with Crippen LogP contribution in [0.1, 0.15) is 26.1 Å². The first kappa shape index (κ1) is 18.3. The molecule has 6 nitrogen and oxygen atoms in total. The molecule has 4 rings (SSSR count). The molecule has 144 valence electrons. The molecule has 0 spiro atoms. The SMILES string of the molecule is CC[C@H](C)N(C)Cc1nc2ccc(Oc3ccc(-c4ccn[nH]4)cc3)cc2[nH]1. The number of aromatic amines is 2. The summed E-state index contributed by atoms with van der Waals surface area (Å²) in [6, 6.07) is 16.4. The highest BCUT2D eigenvalue weighted by atomic mass is 16.5. The van der Waals surface area contributed by atoms with Crippen LogP contribution in [0, 0.1) is 0 Å². The van der Waals surface area contributed by atoms with Gasteiger partial charge in [0.05, 0.1) is 23.3 Å². The monoisotopic (exact) mass is 375 g/mol. The van der Waals surface area contributed by atoms with Gasteiger partial charge in [-0.2, -0.15) is 5.10 Å². The Labute approximate surface area is 164 Å². The zero-order valence-electron chi connectivity index (χ0n) is 16.4. The molecule has 0 fully saturated rings. The lowest BCUT2D eigenvalue weighted by atomic mass is 10.1. The first-order valence-corrected chi connectivity index (χ1v) is 9.59. The van der Waals surface area contributed by atoms with Gasteiger partial charge in [-0.25, -0.2) is 4.98 Å². The number of ether oxygens (including phenoxy) is 1. The molecule has 0 aliphatic heterocycles. The molecule has 2 N–H and O–H groups in total. The molecular formula is C22H25N5O. The van der Waals surface area contributed by atoms with Crippen LogP contribution in [0.25, 0.3) is 22.3 Å². The lowest BCUT2D eigenvalue weighted by Gasteiger charge is -2.21. The fourth-order valence-electron chi connectivity index (χ4n) is 3.14. The molecule has 0 amide bonds. The lowest BCUT2D eigenvalue weighted by molar-refractivity contribution is 0.239. The molecule has 0 aliphatic carbocycles. The fraction of sp³-hybridized carbons (Fsp3) is 0.273. The van der Waals surface area contributed by atoms with E-state index in [4.69, 9.17) is 9.72 Å². The molecule has 28 heavy (non-hydrogen) atoms. The molecule has 0 bridgehead atoms. The number of rotatable bonds is 7. The summed E-state index contributed by atoms with van der Waals surface area (Å²) in [5.41, 5.74) is 4.00. The number of nitrogens with zero attached hydrogens (tertiary/aromatic N) is 3. The molecule has 2 aromatic carbocycles. The van der Waals surface area contributed by atoms with Crippen molar-refractivity contribution in [3.05, 3.63) is 60.6 Å². The third-order valence-corrected chi connectivity index (χ3v) is 5.15. The number of benzene rings is 2. The standard InChI is InChI=1S/C22H25N5O/c1-4-15(2)27(3)14-22-24-20-10-9-18(13-21(20)25-22)28-17-7-5-16(6-8-17)19-11-12-23-26-19/h5-13,15H,4,14H2,1-3H3,(H,23,26)(H,24,25)/t15-/m0/s1. The summed E-state index contributed by atoms with van der Waals surface area (Å²) in [4.78, 5) is 10.4. The third-order valence-electron chi connectivity index (χ3n) is 5.15. The summed E-state index contributed by atoms with van der Waals surface area (Å²) in [5, 5.41) is 6.95. The van der Waals surface area contributed by atoms with Crippen molar-refractivity contribution < 1.29 is 4.74 Å². The number of hydrogen-bond acceptors (Lipinski definition) is 4. The second-order valence-corrected chi connectivity index (χ2v) is 7.13. The molecule has 4 aromatic rings. The maximum absolute atomic E-state index is 6.02. The topological polar surface area (TPSA) is 69.8 Å². The summed E-state index contributed by atoms with van der Waals surface area (Å²) in [5.74, 6) is 2.55. The van der Waals surface area contributed by atoms with Gasteiger partial charge in [-0.05, 0) is 68.4 Å². The van der Waals surface area contributed by atoms with E-state index in [0.29, 0.717) is 6.04 Å². The van der Waals surface area contributed by atoms with Crippen LogP contribution in [0.15, 0.2) is 54.7 Å². The van der Waals surface area contributed by atoms with E-state index in [-0.39, 0.29) is 0 Å². The van der Waals surface area contributed by atoms with E-state index < -0.39 is 0 Å². The Kier molecular flexibility index (Phi) is 5.12. The number of nitrogens with one attached hydrogen (secondary N) is 2. The van der Waals surface area contributed by atoms with Crippen LogP contribution >= 0.6 is 0 Å². The number of fused-ring (bicyclic) bond motifs is 1. The van der Waals surface area contributed by atoms with Gasteiger partial charge in [0.15, 0.2) is 0 Å². The van der Waals surface area contributed by atoms with Crippen LogP contribution in [0.4, 0.5) is 0 Å². The van der Waals surface area contributed by atoms with E-state index in [1.54, 1.807) is 6.20 Å². The molecule has 2 aromatic heterocycles. The van der Waals surface area contributed by atoms with Gasteiger partial charge in [-0.1, -0.05) is 6.92 Å². The highest BCUT2D eigenvalue weighted by molar-refractivity contribution is 5.77. The summed E-state index contributed by atoms with van der Waals surface area (Å²) < 4.78 is 6.02. The minimum atomic E-state index is 0.525. The first-order valence-electron chi connectivity index (χ1n) is 9.59. The van der Waals surface area contributed by atoms with Crippen LogP contribution in [-0.4, -0.2) is 38.2 Å². The van der Waals surface area contributed by atoms with E-state index in [2.05, 4.69) is 41.0 Å². The van der Waals surface area contributed by atoms with E-state index in [0.717, 1.165) is 52.6 Å². The van der Waals surface area contributed by atoms with Crippen LogP contribution in [-0.2, 0) is 6.54 Å². The largest absolute Gasteiger partial charge is 0.457 e. The highest BCUT2D eigenvalue weighted by Crippen LogP contribution is 2.27. The maximum atomic E-state index is 6.02. The highest BCUT2D eigenvalue weighted by Gasteiger charge is 2.11. The van der Waals surface area contributed by atoms with Crippen molar-refractivity contribution in [3.8, 4) is 22.8 Å². The summed E-state index contributed by atoms with van der Waals surface area (Å²) in [6.07, 6.45) is 2.86. The van der Waals surface area contributed by atoms with Crippen molar-refractivity contribution >= 4 is 11.0 Å². The van der Waals surface area contributed by atoms with Gasteiger partial charge in [0.1, 0.15) is 17.3 Å². The van der Waals surface area contributed by atoms with Crippen LogP contribution in [0.3, 0.4) is 0 Å². The van der Waals surface area contributed by atoms with Gasteiger partial charge >= 0.3 is 0 Å². The quantitative estimate of drug-likeness (QED) is 0.478. The predicted molar refractivity (Wildman–Crippen MR) is 111 cm³/mol. The summed E-state index contributed by atoms with van der Waals surface area (Å²) in [6.45, 7) is 5.23. The average Bonchev–Trinajstić information content (AvgIpc) is 3.37. The molecule has 6 heteroatoms. The minimum Gasteiger partial charge on any atom is -0.457 e. The molecule has 0 saturated carbocycles. The van der Waals surface area contributed by atoms with E-state index in [9.17, 15) is 0 Å². The van der Waals surface area contributed by atoms with Crippen molar-refractivity contribution in [1.29, 1.82) is 0 Å². The van der Waals surface area contributed by atoms with Crippen molar-refractivity contribution in [1.82, 2.24) is 25.1 Å². The zero-order chi connectivity index (χ0) is 19.5. The zero-order valence-corrected chi connectivity index (χ0v) is 16.4. The Morgan fingerprint density at radius 1 is 1.07 bits per heavy atom. The summed E-state index contributed by atoms with van der Waals surface area (Å²) >= 11 is 0. The molecule has 2 heterocycles. The summed E-state index contributed by atoms with van der Waals surface area (Å²) in [7, 11) is 2.13. The molecule has 0 aliphatic rings. The Bertz CT molecular complexity index is 1040. The van der Waals surface area contributed by atoms with E-state index in [1.807, 2.05) is 48.5 Å². The molecule has 0 radical (unpaired) electrons. The van der Waals surface area contributed by atoms with Crippen LogP contribution < -0.4 is 4.74 Å². The second-order valence-electron chi connectivity index (χ2n) is 7.13. The van der Waals surface area contributed by atoms with Crippen molar-refractivity contribution in [3.63, 3.8) is 0 Å². The van der Waals surface area contributed by atoms with Crippen molar-refractivity contribution in [2.75, 3.05) is 7.05 Å². The lowest BCUT2D eigenvalue weighted by Crippen LogP contribution is -2.28. The predicted octanol–water partition coefficient (Wildman–Crippen LogP) is 4.98. The molecule has 0 saturated heterocycles. The van der Waals surface area contributed by atoms with Gasteiger partial charge < -0.3 is 9.72 Å². The average molecular weight is 375 g/mol. The van der Waals surface area contributed by atoms with Crippen molar-refractivity contribution in [2.45, 2.75) is 32.9 Å². The van der Waals surface area contributed by atoms with Gasteiger partial charge in [0.2, 0.25) is 0 Å². The van der Waals surface area contributed by atoms with Gasteiger partial charge in [-0.3, -0.25) is 10.00 Å². The van der Waals surface area contributed by atoms with E-state index >= 15 is 0 Å². The molecular weight excluding hydrogens is 350 g/mol. The van der Waals surface area contributed by atoms with Gasteiger partial charge in [0.25, 0.3) is 0 Å².